The summed E-state index contributed by atoms with van der Waals surface area (Å²) in [5.41, 5.74) is 2.83. The summed E-state index contributed by atoms with van der Waals surface area (Å²) in [6.07, 6.45) is 2.10. The van der Waals surface area contributed by atoms with Crippen molar-refractivity contribution < 1.29 is 4.79 Å². The van der Waals surface area contributed by atoms with Gasteiger partial charge in [-0.2, -0.15) is 0 Å². The lowest BCUT2D eigenvalue weighted by atomic mass is 10.1. The molecule has 27 heavy (non-hydrogen) atoms. The average Bonchev–Trinajstić information content (AvgIpc) is 3.10. The molecule has 0 fully saturated rings. The van der Waals surface area contributed by atoms with Crippen molar-refractivity contribution in [2.75, 3.05) is 10.6 Å². The molecule has 6 heteroatoms. The van der Waals surface area contributed by atoms with Gasteiger partial charge in [0.25, 0.3) is 0 Å². The Morgan fingerprint density at radius 1 is 0.963 bits per heavy atom. The normalized spacial score (nSPS) is 10.4. The highest BCUT2D eigenvalue weighted by atomic mass is 35.5. The summed E-state index contributed by atoms with van der Waals surface area (Å²) in [5, 5.41) is 16.5. The lowest BCUT2D eigenvalue weighted by Crippen LogP contribution is -2.11. The Kier molecular flexibility index (Phi) is 6.63. The Balaban J connectivity index is 1.44. The number of carbonyl (C=O) groups excluding carboxylic acids is 1. The van der Waals surface area contributed by atoms with Crippen molar-refractivity contribution in [3.8, 4) is 0 Å². The van der Waals surface area contributed by atoms with Crippen LogP contribution in [0.4, 0.5) is 11.4 Å². The van der Waals surface area contributed by atoms with Crippen LogP contribution in [0.15, 0.2) is 66.0 Å². The maximum atomic E-state index is 12.0. The van der Waals surface area contributed by atoms with Crippen molar-refractivity contribution in [3.63, 3.8) is 0 Å². The molecule has 2 aromatic carbocycles. The molecule has 0 saturated heterocycles. The van der Waals surface area contributed by atoms with E-state index >= 15 is 0 Å². The summed E-state index contributed by atoms with van der Waals surface area (Å²) < 4.78 is 0. The van der Waals surface area contributed by atoms with E-state index in [0.29, 0.717) is 17.3 Å². The molecule has 138 valence electrons. The summed E-state index contributed by atoms with van der Waals surface area (Å²) in [7, 11) is 0. The maximum absolute atomic E-state index is 12.0. The van der Waals surface area contributed by atoms with Crippen LogP contribution in [0, 0.1) is 5.41 Å². The monoisotopic (exact) mass is 397 g/mol. The van der Waals surface area contributed by atoms with Gasteiger partial charge in [0, 0.05) is 17.8 Å². The number of para-hydroxylation sites is 1. The van der Waals surface area contributed by atoms with E-state index in [1.54, 1.807) is 6.07 Å². The molecule has 3 rings (SSSR count). The van der Waals surface area contributed by atoms with E-state index in [1.165, 1.54) is 11.3 Å². The molecule has 0 atom stereocenters. The highest BCUT2D eigenvalue weighted by Gasteiger charge is 2.08. The van der Waals surface area contributed by atoms with Crippen LogP contribution in [0.2, 0.25) is 5.02 Å². The first kappa shape index (κ1) is 19.1. The van der Waals surface area contributed by atoms with Gasteiger partial charge in [-0.1, -0.05) is 41.9 Å². The van der Waals surface area contributed by atoms with Gasteiger partial charge in [-0.05, 0) is 54.1 Å². The third-order valence-corrected chi connectivity index (χ3v) is 5.35. The molecule has 1 heterocycles. The number of anilines is 2. The lowest BCUT2D eigenvalue weighted by Gasteiger charge is -2.08. The predicted octanol–water partition coefficient (Wildman–Crippen LogP) is 5.80. The second-order valence-corrected chi connectivity index (χ2v) is 7.39. The Morgan fingerprint density at radius 2 is 1.67 bits per heavy atom. The first-order valence-electron chi connectivity index (χ1n) is 8.64. The Hall–Kier alpha value is -2.63. The summed E-state index contributed by atoms with van der Waals surface area (Å²) in [6.45, 7) is 0. The highest BCUT2D eigenvalue weighted by Crippen LogP contribution is 2.23. The van der Waals surface area contributed by atoms with Crippen LogP contribution in [-0.4, -0.2) is 11.7 Å². The molecule has 3 N–H and O–H groups in total. The number of benzene rings is 2. The summed E-state index contributed by atoms with van der Waals surface area (Å²) in [4.78, 5) is 12.7. The SMILES string of the molecule is N=C(Nc1ccc(CCCC(=O)Nc2ccccc2)cc1)c1sccc1Cl. The molecule has 4 nitrogen and oxygen atoms in total. The van der Waals surface area contributed by atoms with Crippen molar-refractivity contribution >= 4 is 46.1 Å². The van der Waals surface area contributed by atoms with Gasteiger partial charge < -0.3 is 10.6 Å². The average molecular weight is 398 g/mol. The molecule has 1 aromatic heterocycles. The lowest BCUT2D eigenvalue weighted by molar-refractivity contribution is -0.116. The van der Waals surface area contributed by atoms with Crippen molar-refractivity contribution in [3.05, 3.63) is 81.5 Å². The first-order valence-corrected chi connectivity index (χ1v) is 9.90. The number of halogens is 1. The van der Waals surface area contributed by atoms with Gasteiger partial charge in [0.2, 0.25) is 5.91 Å². The fourth-order valence-corrected chi connectivity index (χ4v) is 3.68. The number of carbonyl (C=O) groups is 1. The zero-order valence-electron chi connectivity index (χ0n) is 14.7. The van der Waals surface area contributed by atoms with Gasteiger partial charge >= 0.3 is 0 Å². The number of rotatable bonds is 7. The molecule has 0 bridgehead atoms. The van der Waals surface area contributed by atoms with E-state index < -0.39 is 0 Å². The number of thiophene rings is 1. The molecule has 1 amide bonds. The van der Waals surface area contributed by atoms with Gasteiger partial charge in [-0.25, -0.2) is 0 Å². The third kappa shape index (κ3) is 5.67. The predicted molar refractivity (Wildman–Crippen MR) is 114 cm³/mol. The van der Waals surface area contributed by atoms with E-state index in [9.17, 15) is 4.79 Å². The molecular weight excluding hydrogens is 378 g/mol. The summed E-state index contributed by atoms with van der Waals surface area (Å²) >= 11 is 7.49. The van der Waals surface area contributed by atoms with E-state index in [-0.39, 0.29) is 5.91 Å². The third-order valence-electron chi connectivity index (χ3n) is 3.99. The van der Waals surface area contributed by atoms with Gasteiger partial charge in [0.15, 0.2) is 0 Å². The summed E-state index contributed by atoms with van der Waals surface area (Å²) in [6, 6.07) is 19.2. The van der Waals surface area contributed by atoms with Crippen LogP contribution in [0.25, 0.3) is 0 Å². The molecule has 0 radical (unpaired) electrons. The van der Waals surface area contributed by atoms with E-state index in [2.05, 4.69) is 10.6 Å². The van der Waals surface area contributed by atoms with Gasteiger partial charge in [0.05, 0.1) is 9.90 Å². The van der Waals surface area contributed by atoms with Crippen LogP contribution in [0.3, 0.4) is 0 Å². The first-order chi connectivity index (χ1) is 13.1. The maximum Gasteiger partial charge on any atom is 0.224 e. The highest BCUT2D eigenvalue weighted by molar-refractivity contribution is 7.13. The zero-order valence-corrected chi connectivity index (χ0v) is 16.2. The quantitative estimate of drug-likeness (QED) is 0.348. The minimum Gasteiger partial charge on any atom is -0.339 e. The Morgan fingerprint density at radius 3 is 2.33 bits per heavy atom. The van der Waals surface area contributed by atoms with Crippen LogP contribution in [0.5, 0.6) is 0 Å². The van der Waals surface area contributed by atoms with Gasteiger partial charge in [-0.15, -0.1) is 11.3 Å². The standard InChI is InChI=1S/C21H20ClN3OS/c22-18-13-14-27-20(18)21(23)25-17-11-9-15(10-12-17)5-4-8-19(26)24-16-6-2-1-3-7-16/h1-3,6-7,9-14H,4-5,8H2,(H2,23,25)(H,24,26). The molecular formula is C21H20ClN3OS. The number of aryl methyl sites for hydroxylation is 1. The topological polar surface area (TPSA) is 65.0 Å². The number of nitrogens with one attached hydrogen (secondary N) is 3. The smallest absolute Gasteiger partial charge is 0.224 e. The van der Waals surface area contributed by atoms with Crippen molar-refractivity contribution in [2.45, 2.75) is 19.3 Å². The van der Waals surface area contributed by atoms with Crippen molar-refractivity contribution in [1.82, 2.24) is 0 Å². The molecule has 0 saturated carbocycles. The fraction of sp³-hybridized carbons (Fsp3) is 0.143. The second-order valence-electron chi connectivity index (χ2n) is 6.06. The number of amidine groups is 1. The van der Waals surface area contributed by atoms with Gasteiger partial charge in [-0.3, -0.25) is 10.2 Å². The molecule has 0 spiro atoms. The number of amides is 1. The Labute approximate surface area is 167 Å². The van der Waals surface area contributed by atoms with Crippen LogP contribution in [0.1, 0.15) is 23.3 Å². The van der Waals surface area contributed by atoms with Gasteiger partial charge in [0.1, 0.15) is 5.84 Å². The molecule has 0 unspecified atom stereocenters. The van der Waals surface area contributed by atoms with Crippen molar-refractivity contribution in [1.29, 1.82) is 5.41 Å². The van der Waals surface area contributed by atoms with Crippen LogP contribution < -0.4 is 10.6 Å². The Bertz CT molecular complexity index is 907. The van der Waals surface area contributed by atoms with Crippen molar-refractivity contribution in [2.24, 2.45) is 0 Å². The van der Waals surface area contributed by atoms with E-state index in [1.807, 2.05) is 60.0 Å². The van der Waals surface area contributed by atoms with Crippen LogP contribution >= 0.6 is 22.9 Å². The van der Waals surface area contributed by atoms with E-state index in [0.717, 1.165) is 34.7 Å². The minimum absolute atomic E-state index is 0.0285. The zero-order chi connectivity index (χ0) is 19.1. The van der Waals surface area contributed by atoms with Crippen LogP contribution in [-0.2, 0) is 11.2 Å². The molecule has 0 aliphatic carbocycles. The molecule has 0 aliphatic rings. The number of hydrogen-bond donors (Lipinski definition) is 3. The largest absolute Gasteiger partial charge is 0.339 e. The fourth-order valence-electron chi connectivity index (χ4n) is 2.63. The molecule has 3 aromatic rings. The van der Waals surface area contributed by atoms with E-state index in [4.69, 9.17) is 17.0 Å². The molecule has 0 aliphatic heterocycles. The number of hydrogen-bond acceptors (Lipinski definition) is 3. The second kappa shape index (κ2) is 9.35. The summed E-state index contributed by atoms with van der Waals surface area (Å²) in [5.74, 6) is 0.320. The minimum atomic E-state index is 0.0285.